The third kappa shape index (κ3) is 5.81. The number of rotatable bonds is 3. The summed E-state index contributed by atoms with van der Waals surface area (Å²) in [6.07, 6.45) is -4.71. The van der Waals surface area contributed by atoms with Crippen molar-refractivity contribution in [3.63, 3.8) is 0 Å². The molecule has 0 fully saturated rings. The van der Waals surface area contributed by atoms with Gasteiger partial charge in [0, 0.05) is 16.0 Å². The van der Waals surface area contributed by atoms with Gasteiger partial charge in [0.1, 0.15) is 11.2 Å². The highest BCUT2D eigenvalue weighted by Gasteiger charge is 2.30. The number of nitriles is 1. The van der Waals surface area contributed by atoms with Gasteiger partial charge in [-0.15, -0.1) is 13.2 Å². The molecule has 0 saturated heterocycles. The van der Waals surface area contributed by atoms with Gasteiger partial charge in [-0.3, -0.25) is 0 Å². The minimum atomic E-state index is -4.71. The number of thioether (sulfide) groups is 1. The van der Waals surface area contributed by atoms with Crippen molar-refractivity contribution < 1.29 is 17.9 Å². The van der Waals surface area contributed by atoms with Crippen molar-refractivity contribution in [1.29, 1.82) is 5.26 Å². The molecular weight excluding hydrogens is 395 g/mol. The Morgan fingerprint density at radius 1 is 0.828 bits per heavy atom. The molecule has 6 heteroatoms. The first-order valence-corrected chi connectivity index (χ1v) is 9.30. The van der Waals surface area contributed by atoms with E-state index >= 15 is 0 Å². The fourth-order valence-electron chi connectivity index (χ4n) is 2.62. The first-order chi connectivity index (χ1) is 13.8. The van der Waals surface area contributed by atoms with E-state index in [1.54, 1.807) is 0 Å². The quantitative estimate of drug-likeness (QED) is 0.280. The Hall–Kier alpha value is -3.35. The van der Waals surface area contributed by atoms with Gasteiger partial charge in [0.25, 0.3) is 0 Å². The zero-order valence-electron chi connectivity index (χ0n) is 15.2. The van der Waals surface area contributed by atoms with Gasteiger partial charge < -0.3 is 4.74 Å². The summed E-state index contributed by atoms with van der Waals surface area (Å²) in [4.78, 5) is 0.936. The first-order valence-electron chi connectivity index (χ1n) is 8.49. The van der Waals surface area contributed by atoms with Crippen LogP contribution in [0.2, 0.25) is 0 Å². The minimum absolute atomic E-state index is 0.276. The molecule has 0 N–H and O–H groups in total. The van der Waals surface area contributed by atoms with E-state index in [-0.39, 0.29) is 5.75 Å². The number of nitrogens with zero attached hydrogens (tertiary/aromatic N) is 1. The highest BCUT2D eigenvalue weighted by Crippen LogP contribution is 2.27. The summed E-state index contributed by atoms with van der Waals surface area (Å²) in [6, 6.07) is 19.0. The standard InChI is InChI=1S/C23H14F3NOS/c1-16-14-20(10-13-22(16)29-15-27)19-8-4-17(5-9-19)2-3-18-6-11-21(12-7-18)28-23(24,25)26/h4-14H,1H3. The van der Waals surface area contributed by atoms with Crippen LogP contribution in [0.15, 0.2) is 71.6 Å². The lowest BCUT2D eigenvalue weighted by atomic mass is 10.0. The van der Waals surface area contributed by atoms with Crippen LogP contribution in [0.25, 0.3) is 11.1 Å². The largest absolute Gasteiger partial charge is 0.573 e. The molecule has 3 aromatic rings. The average Bonchev–Trinajstić information content (AvgIpc) is 2.68. The molecule has 3 aromatic carbocycles. The van der Waals surface area contributed by atoms with Crippen molar-refractivity contribution in [2.45, 2.75) is 18.2 Å². The van der Waals surface area contributed by atoms with E-state index in [0.717, 1.165) is 38.9 Å². The summed E-state index contributed by atoms with van der Waals surface area (Å²) in [5, 5.41) is 10.9. The van der Waals surface area contributed by atoms with E-state index in [1.807, 2.05) is 49.4 Å². The van der Waals surface area contributed by atoms with Gasteiger partial charge >= 0.3 is 6.36 Å². The van der Waals surface area contributed by atoms with E-state index in [0.29, 0.717) is 5.56 Å². The number of hydrogen-bond donors (Lipinski definition) is 0. The second kappa shape index (κ2) is 8.77. The Kier molecular flexibility index (Phi) is 6.16. The summed E-state index contributed by atoms with van der Waals surface area (Å²) in [5.74, 6) is 5.64. The van der Waals surface area contributed by atoms with Crippen LogP contribution in [0, 0.1) is 29.4 Å². The molecule has 2 nitrogen and oxygen atoms in total. The average molecular weight is 409 g/mol. The summed E-state index contributed by atoms with van der Waals surface area (Å²) < 4.78 is 40.4. The first kappa shape index (κ1) is 20.4. The molecule has 0 aliphatic heterocycles. The van der Waals surface area contributed by atoms with Crippen molar-refractivity contribution in [2.24, 2.45) is 0 Å². The maximum absolute atomic E-state index is 12.2. The van der Waals surface area contributed by atoms with Crippen LogP contribution in [0.5, 0.6) is 5.75 Å². The van der Waals surface area contributed by atoms with E-state index in [9.17, 15) is 13.2 Å². The summed E-state index contributed by atoms with van der Waals surface area (Å²) >= 11 is 1.14. The Balaban J connectivity index is 1.72. The second-order valence-electron chi connectivity index (χ2n) is 6.07. The Bertz CT molecular complexity index is 1100. The molecule has 0 saturated carbocycles. The Labute approximate surface area is 170 Å². The van der Waals surface area contributed by atoms with Gasteiger partial charge in [0.15, 0.2) is 0 Å². The number of hydrogen-bond acceptors (Lipinski definition) is 3. The predicted molar refractivity (Wildman–Crippen MR) is 107 cm³/mol. The van der Waals surface area contributed by atoms with E-state index < -0.39 is 6.36 Å². The van der Waals surface area contributed by atoms with Crippen LogP contribution < -0.4 is 4.74 Å². The van der Waals surface area contributed by atoms with Crippen molar-refractivity contribution in [3.8, 4) is 34.1 Å². The molecule has 0 bridgehead atoms. The third-order valence-corrected chi connectivity index (χ3v) is 4.76. The molecule has 0 aromatic heterocycles. The molecule has 144 valence electrons. The van der Waals surface area contributed by atoms with Crippen LogP contribution in [0.3, 0.4) is 0 Å². The van der Waals surface area contributed by atoms with E-state index in [1.165, 1.54) is 24.3 Å². The van der Waals surface area contributed by atoms with Crippen molar-refractivity contribution >= 4 is 11.8 Å². The topological polar surface area (TPSA) is 33.0 Å². The molecule has 3 rings (SSSR count). The summed E-state index contributed by atoms with van der Waals surface area (Å²) in [7, 11) is 0. The molecule has 0 radical (unpaired) electrons. The lowest BCUT2D eigenvalue weighted by molar-refractivity contribution is -0.274. The lowest BCUT2D eigenvalue weighted by Crippen LogP contribution is -2.16. The van der Waals surface area contributed by atoms with E-state index in [4.69, 9.17) is 5.26 Å². The number of aryl methyl sites for hydroxylation is 1. The normalized spacial score (nSPS) is 10.6. The molecule has 0 unspecified atom stereocenters. The third-order valence-electron chi connectivity index (χ3n) is 3.99. The molecule has 29 heavy (non-hydrogen) atoms. The molecule has 0 heterocycles. The number of benzene rings is 3. The van der Waals surface area contributed by atoms with Crippen LogP contribution in [0.4, 0.5) is 13.2 Å². The lowest BCUT2D eigenvalue weighted by Gasteiger charge is -2.08. The fourth-order valence-corrected chi connectivity index (χ4v) is 3.08. The van der Waals surface area contributed by atoms with Crippen LogP contribution in [-0.4, -0.2) is 6.36 Å². The summed E-state index contributed by atoms with van der Waals surface area (Å²) in [5.41, 5.74) is 4.49. The van der Waals surface area contributed by atoms with Gasteiger partial charge in [-0.05, 0) is 77.8 Å². The second-order valence-corrected chi connectivity index (χ2v) is 6.90. The van der Waals surface area contributed by atoms with Gasteiger partial charge in [-0.25, -0.2) is 0 Å². The predicted octanol–water partition coefficient (Wildman–Crippen LogP) is 6.53. The number of ether oxygens (including phenoxy) is 1. The molecule has 0 aliphatic carbocycles. The number of alkyl halides is 3. The Morgan fingerprint density at radius 3 is 1.90 bits per heavy atom. The molecule has 0 aliphatic rings. The van der Waals surface area contributed by atoms with Crippen molar-refractivity contribution in [3.05, 3.63) is 83.4 Å². The van der Waals surface area contributed by atoms with E-state index in [2.05, 4.69) is 22.0 Å². The van der Waals surface area contributed by atoms with Crippen LogP contribution in [0.1, 0.15) is 16.7 Å². The fraction of sp³-hybridized carbons (Fsp3) is 0.0870. The molecule has 0 atom stereocenters. The zero-order valence-corrected chi connectivity index (χ0v) is 16.1. The number of thiocyanates is 1. The SMILES string of the molecule is Cc1cc(-c2ccc(C#Cc3ccc(OC(F)(F)F)cc3)cc2)ccc1SC#N. The minimum Gasteiger partial charge on any atom is -0.406 e. The van der Waals surface area contributed by atoms with Gasteiger partial charge in [-0.1, -0.05) is 36.1 Å². The molecule has 0 amide bonds. The highest BCUT2D eigenvalue weighted by atomic mass is 32.2. The van der Waals surface area contributed by atoms with Crippen molar-refractivity contribution in [2.75, 3.05) is 0 Å². The molecule has 0 spiro atoms. The molecular formula is C23H14F3NOS. The maximum atomic E-state index is 12.2. The van der Waals surface area contributed by atoms with Crippen LogP contribution >= 0.6 is 11.8 Å². The van der Waals surface area contributed by atoms with Crippen LogP contribution in [-0.2, 0) is 0 Å². The smallest absolute Gasteiger partial charge is 0.406 e. The monoisotopic (exact) mass is 409 g/mol. The Morgan fingerprint density at radius 2 is 1.38 bits per heavy atom. The zero-order chi connectivity index (χ0) is 20.9. The highest BCUT2D eigenvalue weighted by molar-refractivity contribution is 8.03. The summed E-state index contributed by atoms with van der Waals surface area (Å²) in [6.45, 7) is 1.97. The van der Waals surface area contributed by atoms with Gasteiger partial charge in [-0.2, -0.15) is 5.26 Å². The van der Waals surface area contributed by atoms with Gasteiger partial charge in [0.2, 0.25) is 0 Å². The van der Waals surface area contributed by atoms with Crippen molar-refractivity contribution in [1.82, 2.24) is 0 Å². The van der Waals surface area contributed by atoms with Gasteiger partial charge in [0.05, 0.1) is 0 Å². The maximum Gasteiger partial charge on any atom is 0.573 e. The number of halogens is 3.